The van der Waals surface area contributed by atoms with Crippen LogP contribution in [0.15, 0.2) is 125 Å². The first-order valence-electron chi connectivity index (χ1n) is 15.9. The summed E-state index contributed by atoms with van der Waals surface area (Å²) in [7, 11) is -8.28. The van der Waals surface area contributed by atoms with Crippen molar-refractivity contribution in [3.8, 4) is 0 Å². The van der Waals surface area contributed by atoms with E-state index in [1.54, 1.807) is 24.3 Å². The maximum absolute atomic E-state index is 14.7. The van der Waals surface area contributed by atoms with E-state index in [9.17, 15) is 21.6 Å². The molecule has 0 aromatic heterocycles. The second-order valence-corrected chi connectivity index (χ2v) is 16.9. The quantitative estimate of drug-likeness (QED) is 0.182. The summed E-state index contributed by atoms with van der Waals surface area (Å²) in [5.74, 6) is -1.03. The Hall–Kier alpha value is -3.86. The highest BCUT2D eigenvalue weighted by Crippen LogP contribution is 2.49. The lowest BCUT2D eigenvalue weighted by molar-refractivity contribution is -0.132. The van der Waals surface area contributed by atoms with E-state index in [1.165, 1.54) is 32.9 Å². The van der Waals surface area contributed by atoms with E-state index >= 15 is 0 Å². The number of nitrogens with zero attached hydrogens (tertiary/aromatic N) is 2. The fraction of sp³-hybridized carbons (Fsp3) is 0.237. The van der Waals surface area contributed by atoms with Crippen molar-refractivity contribution in [1.29, 1.82) is 0 Å². The van der Waals surface area contributed by atoms with Crippen molar-refractivity contribution in [2.75, 3.05) is 6.54 Å². The topological polar surface area (TPSA) is 91.8 Å². The van der Waals surface area contributed by atoms with Crippen LogP contribution in [0.2, 0.25) is 5.02 Å². The van der Waals surface area contributed by atoms with Crippen LogP contribution in [0.1, 0.15) is 47.2 Å². The molecule has 2 unspecified atom stereocenters. The molecule has 7 rings (SSSR count). The molecule has 2 aliphatic rings. The number of fused-ring (bicyclic) bond motifs is 2. The van der Waals surface area contributed by atoms with Crippen molar-refractivity contribution >= 4 is 48.2 Å². The van der Waals surface area contributed by atoms with Gasteiger partial charge in [0, 0.05) is 29.9 Å². The van der Waals surface area contributed by atoms with Gasteiger partial charge in [-0.05, 0) is 78.6 Å². The lowest BCUT2D eigenvalue weighted by atomic mass is 9.77. The fourth-order valence-electron chi connectivity index (χ4n) is 7.28. The number of benzene rings is 5. The summed E-state index contributed by atoms with van der Waals surface area (Å²) in [5, 5.41) is 2.21. The van der Waals surface area contributed by atoms with Gasteiger partial charge in [0.2, 0.25) is 20.0 Å². The molecule has 5 aromatic rings. The summed E-state index contributed by atoms with van der Waals surface area (Å²) in [6.07, 6.45) is 0.0130. The second-order valence-electron chi connectivity index (χ2n) is 12.8. The van der Waals surface area contributed by atoms with Gasteiger partial charge in [-0.3, -0.25) is 4.79 Å². The molecule has 4 atom stereocenters. The molecule has 0 spiro atoms. The van der Waals surface area contributed by atoms with Crippen molar-refractivity contribution in [3.05, 3.63) is 143 Å². The van der Waals surface area contributed by atoms with Gasteiger partial charge in [0.05, 0.1) is 21.9 Å². The van der Waals surface area contributed by atoms with E-state index in [0.717, 1.165) is 27.5 Å². The highest BCUT2D eigenvalue weighted by molar-refractivity contribution is 7.89. The predicted molar refractivity (Wildman–Crippen MR) is 188 cm³/mol. The van der Waals surface area contributed by atoms with Crippen LogP contribution in [0.3, 0.4) is 0 Å². The van der Waals surface area contributed by atoms with Gasteiger partial charge in [-0.2, -0.15) is 8.61 Å². The van der Waals surface area contributed by atoms with Crippen molar-refractivity contribution < 1.29 is 21.6 Å². The minimum Gasteiger partial charge on any atom is -0.299 e. The van der Waals surface area contributed by atoms with Crippen molar-refractivity contribution in [1.82, 2.24) is 8.61 Å². The van der Waals surface area contributed by atoms with Gasteiger partial charge < -0.3 is 0 Å². The van der Waals surface area contributed by atoms with E-state index in [0.29, 0.717) is 10.6 Å². The molecule has 48 heavy (non-hydrogen) atoms. The first-order chi connectivity index (χ1) is 22.9. The van der Waals surface area contributed by atoms with Crippen LogP contribution in [0.4, 0.5) is 0 Å². The minimum atomic E-state index is -4.18. The molecule has 0 radical (unpaired) electrons. The first-order valence-corrected chi connectivity index (χ1v) is 19.2. The minimum absolute atomic E-state index is 0.0635. The summed E-state index contributed by atoms with van der Waals surface area (Å²) >= 11 is 6.15. The van der Waals surface area contributed by atoms with Crippen molar-refractivity contribution in [3.63, 3.8) is 0 Å². The third kappa shape index (κ3) is 5.77. The van der Waals surface area contributed by atoms with Crippen LogP contribution in [0.5, 0.6) is 0 Å². The highest BCUT2D eigenvalue weighted by Gasteiger charge is 2.54. The maximum atomic E-state index is 14.7. The standard InChI is InChI=1S/C38H35ClN2O5S2/c1-25-10-14-28(15-11-25)35-23-38(42)34-24-40(47(43,44)30-18-12-26(2)13-19-30)36(33-9-5-7-27-6-3-4-8-32(27)33)22-37(34)41(35)48(45,46)31-20-16-29(39)17-21-31/h3-21,34-37H,22-24H2,1-2H3/t34-,35?,36?,37+/m1/s1. The van der Waals surface area contributed by atoms with Gasteiger partial charge >= 0.3 is 0 Å². The van der Waals surface area contributed by atoms with Gasteiger partial charge in [0.25, 0.3) is 0 Å². The Morgan fingerprint density at radius 1 is 0.667 bits per heavy atom. The normalized spacial score (nSPS) is 22.4. The van der Waals surface area contributed by atoms with Crippen LogP contribution < -0.4 is 0 Å². The van der Waals surface area contributed by atoms with Gasteiger partial charge in [-0.25, -0.2) is 16.8 Å². The lowest BCUT2D eigenvalue weighted by Gasteiger charge is -2.51. The molecule has 0 saturated carbocycles. The largest absolute Gasteiger partial charge is 0.299 e. The van der Waals surface area contributed by atoms with Gasteiger partial charge in [0.15, 0.2) is 0 Å². The SMILES string of the molecule is Cc1ccc(C2CC(=O)[C@@H]3CN(S(=O)(=O)c4ccc(C)cc4)C(c4cccc5ccccc45)C[C@@H]3N2S(=O)(=O)c2ccc(Cl)cc2)cc1. The Morgan fingerprint density at radius 3 is 1.94 bits per heavy atom. The van der Waals surface area contributed by atoms with E-state index in [1.807, 2.05) is 80.6 Å². The molecule has 2 fully saturated rings. The molecule has 0 N–H and O–H groups in total. The molecule has 0 aliphatic carbocycles. The summed E-state index contributed by atoms with van der Waals surface area (Å²) in [5.41, 5.74) is 3.40. The number of carbonyl (C=O) groups is 1. The molecule has 246 valence electrons. The zero-order valence-electron chi connectivity index (χ0n) is 26.5. The average molecular weight is 699 g/mol. The summed E-state index contributed by atoms with van der Waals surface area (Å²) < 4.78 is 61.4. The maximum Gasteiger partial charge on any atom is 0.243 e. The van der Waals surface area contributed by atoms with Crippen molar-refractivity contribution in [2.24, 2.45) is 5.92 Å². The number of halogens is 1. The third-order valence-corrected chi connectivity index (χ3v) is 13.8. The number of sulfonamides is 2. The molecule has 10 heteroatoms. The number of rotatable bonds is 6. The zero-order valence-corrected chi connectivity index (χ0v) is 28.9. The van der Waals surface area contributed by atoms with Crippen LogP contribution in [-0.4, -0.2) is 43.8 Å². The Bertz CT molecular complexity index is 2220. The summed E-state index contributed by atoms with van der Waals surface area (Å²) in [4.78, 5) is 14.4. The molecular weight excluding hydrogens is 664 g/mol. The number of ketones is 1. The molecule has 2 heterocycles. The Labute approximate surface area is 286 Å². The van der Waals surface area contributed by atoms with Gasteiger partial charge in [0.1, 0.15) is 5.78 Å². The molecule has 2 saturated heterocycles. The van der Waals surface area contributed by atoms with E-state index in [-0.39, 0.29) is 35.0 Å². The molecule has 0 bridgehead atoms. The first kappa shape index (κ1) is 32.7. The Balaban J connectivity index is 1.42. The second kappa shape index (κ2) is 12.5. The van der Waals surface area contributed by atoms with E-state index < -0.39 is 44.1 Å². The molecular formula is C38H35ClN2O5S2. The number of hydrogen-bond acceptors (Lipinski definition) is 5. The summed E-state index contributed by atoms with van der Waals surface area (Å²) in [6.45, 7) is 3.69. The zero-order chi connectivity index (χ0) is 33.8. The van der Waals surface area contributed by atoms with E-state index in [4.69, 9.17) is 11.6 Å². The Morgan fingerprint density at radius 2 is 1.25 bits per heavy atom. The van der Waals surface area contributed by atoms with Gasteiger partial charge in [-0.1, -0.05) is 102 Å². The van der Waals surface area contributed by atoms with E-state index in [2.05, 4.69) is 0 Å². The predicted octanol–water partition coefficient (Wildman–Crippen LogP) is 7.64. The molecule has 2 aliphatic heterocycles. The number of carbonyl (C=O) groups excluding carboxylic acids is 1. The van der Waals surface area contributed by atoms with Crippen molar-refractivity contribution in [2.45, 2.75) is 54.6 Å². The monoisotopic (exact) mass is 698 g/mol. The highest BCUT2D eigenvalue weighted by atomic mass is 35.5. The number of hydrogen-bond donors (Lipinski definition) is 0. The molecule has 5 aromatic carbocycles. The number of aryl methyl sites for hydroxylation is 2. The number of Topliss-reactive ketones (excluding diaryl/α,β-unsaturated/α-hetero) is 1. The third-order valence-electron chi connectivity index (χ3n) is 9.76. The van der Waals surface area contributed by atoms with Crippen LogP contribution in [0, 0.1) is 19.8 Å². The smallest absolute Gasteiger partial charge is 0.243 e. The number of piperidine rings is 2. The Kier molecular flexibility index (Phi) is 8.54. The lowest BCUT2D eigenvalue weighted by Crippen LogP contribution is -2.60. The summed E-state index contributed by atoms with van der Waals surface area (Å²) in [6, 6.07) is 31.5. The molecule has 7 nitrogen and oxygen atoms in total. The molecule has 0 amide bonds. The average Bonchev–Trinajstić information content (AvgIpc) is 3.08. The van der Waals surface area contributed by atoms with Crippen LogP contribution in [-0.2, 0) is 24.8 Å². The fourth-order valence-corrected chi connectivity index (χ4v) is 10.9. The van der Waals surface area contributed by atoms with Crippen LogP contribution >= 0.6 is 11.6 Å². The van der Waals surface area contributed by atoms with Gasteiger partial charge in [-0.15, -0.1) is 0 Å². The van der Waals surface area contributed by atoms with Crippen LogP contribution in [0.25, 0.3) is 10.8 Å².